The van der Waals surface area contributed by atoms with Gasteiger partial charge in [0.25, 0.3) is 0 Å². The summed E-state index contributed by atoms with van der Waals surface area (Å²) in [6.45, 7) is 2.35. The third-order valence-electron chi connectivity index (χ3n) is 3.40. The molecular formula is C17H20O. The first kappa shape index (κ1) is 12.8. The molecule has 0 aliphatic heterocycles. The fourth-order valence-electron chi connectivity index (χ4n) is 2.21. The minimum absolute atomic E-state index is 0.193. The van der Waals surface area contributed by atoms with Crippen molar-refractivity contribution >= 4 is 0 Å². The summed E-state index contributed by atoms with van der Waals surface area (Å²) in [5, 5.41) is 9.57. The molecule has 1 unspecified atom stereocenters. The van der Waals surface area contributed by atoms with Crippen LogP contribution in [0, 0.1) is 0 Å². The molecule has 2 aromatic rings. The van der Waals surface area contributed by atoms with Crippen molar-refractivity contribution in [3.8, 4) is 0 Å². The maximum atomic E-state index is 9.57. The normalized spacial score (nSPS) is 12.3. The van der Waals surface area contributed by atoms with Crippen LogP contribution in [0.4, 0.5) is 0 Å². The molecular weight excluding hydrogens is 220 g/mol. The summed E-state index contributed by atoms with van der Waals surface area (Å²) in [4.78, 5) is 0. The highest BCUT2D eigenvalue weighted by molar-refractivity contribution is 5.27. The molecule has 0 saturated heterocycles. The third kappa shape index (κ3) is 3.21. The van der Waals surface area contributed by atoms with Gasteiger partial charge in [-0.3, -0.25) is 0 Å². The molecule has 1 heteroatoms. The number of hydrogen-bond acceptors (Lipinski definition) is 1. The summed E-state index contributed by atoms with van der Waals surface area (Å²) in [6.07, 6.45) is 1.95. The van der Waals surface area contributed by atoms with E-state index in [2.05, 4.69) is 43.3 Å². The molecule has 0 aliphatic rings. The Bertz CT molecular complexity index is 459. The number of hydrogen-bond donors (Lipinski definition) is 1. The average molecular weight is 240 g/mol. The van der Waals surface area contributed by atoms with E-state index < -0.39 is 0 Å². The Morgan fingerprint density at radius 2 is 1.56 bits per heavy atom. The fourth-order valence-corrected chi connectivity index (χ4v) is 2.21. The van der Waals surface area contributed by atoms with Crippen molar-refractivity contribution in [1.29, 1.82) is 0 Å². The van der Waals surface area contributed by atoms with Crippen molar-refractivity contribution in [2.45, 2.75) is 25.7 Å². The molecule has 2 rings (SSSR count). The average Bonchev–Trinajstić information content (AvgIpc) is 2.46. The van der Waals surface area contributed by atoms with Gasteiger partial charge in [-0.2, -0.15) is 0 Å². The smallest absolute Gasteiger partial charge is 0.0502 e. The summed E-state index contributed by atoms with van der Waals surface area (Å²) in [5.41, 5.74) is 3.84. The molecule has 0 aromatic heterocycles. The van der Waals surface area contributed by atoms with E-state index >= 15 is 0 Å². The topological polar surface area (TPSA) is 20.2 Å². The summed E-state index contributed by atoms with van der Waals surface area (Å²) < 4.78 is 0. The van der Waals surface area contributed by atoms with E-state index in [-0.39, 0.29) is 12.5 Å². The van der Waals surface area contributed by atoms with E-state index in [0.717, 1.165) is 12.8 Å². The number of aliphatic hydroxyl groups is 1. The third-order valence-corrected chi connectivity index (χ3v) is 3.40. The van der Waals surface area contributed by atoms with Crippen LogP contribution in [-0.4, -0.2) is 11.7 Å². The molecule has 2 aromatic carbocycles. The Labute approximate surface area is 109 Å². The van der Waals surface area contributed by atoms with E-state index in [1.54, 1.807) is 0 Å². The molecule has 0 spiro atoms. The van der Waals surface area contributed by atoms with E-state index in [1.165, 1.54) is 16.7 Å². The van der Waals surface area contributed by atoms with E-state index in [9.17, 15) is 5.11 Å². The number of aliphatic hydroxyl groups excluding tert-OH is 1. The van der Waals surface area contributed by atoms with Gasteiger partial charge in [-0.05, 0) is 29.5 Å². The van der Waals surface area contributed by atoms with Crippen LogP contribution in [0.15, 0.2) is 54.6 Å². The Morgan fingerprint density at radius 3 is 2.11 bits per heavy atom. The van der Waals surface area contributed by atoms with Gasteiger partial charge in [0, 0.05) is 5.92 Å². The molecule has 1 atom stereocenters. The van der Waals surface area contributed by atoms with Crippen molar-refractivity contribution in [3.63, 3.8) is 0 Å². The highest BCUT2D eigenvalue weighted by Crippen LogP contribution is 2.21. The molecule has 1 N–H and O–H groups in total. The number of benzene rings is 2. The van der Waals surface area contributed by atoms with Crippen LogP contribution in [0.2, 0.25) is 0 Å². The summed E-state index contributed by atoms with van der Waals surface area (Å²) >= 11 is 0. The molecule has 94 valence electrons. The lowest BCUT2D eigenvalue weighted by Crippen LogP contribution is -2.07. The van der Waals surface area contributed by atoms with Crippen LogP contribution in [-0.2, 0) is 12.8 Å². The van der Waals surface area contributed by atoms with Gasteiger partial charge in [0.15, 0.2) is 0 Å². The highest BCUT2D eigenvalue weighted by atomic mass is 16.3. The van der Waals surface area contributed by atoms with Crippen LogP contribution < -0.4 is 0 Å². The number of rotatable bonds is 5. The molecule has 0 radical (unpaired) electrons. The molecule has 18 heavy (non-hydrogen) atoms. The van der Waals surface area contributed by atoms with Crippen molar-refractivity contribution in [1.82, 2.24) is 0 Å². The molecule has 0 aliphatic carbocycles. The van der Waals surface area contributed by atoms with E-state index in [4.69, 9.17) is 0 Å². The maximum absolute atomic E-state index is 9.57. The van der Waals surface area contributed by atoms with Gasteiger partial charge in [0.1, 0.15) is 0 Å². The van der Waals surface area contributed by atoms with Crippen molar-refractivity contribution < 1.29 is 5.11 Å². The van der Waals surface area contributed by atoms with Crippen LogP contribution in [0.5, 0.6) is 0 Å². The van der Waals surface area contributed by atoms with Gasteiger partial charge < -0.3 is 5.11 Å². The molecule has 0 amide bonds. The first-order valence-electron chi connectivity index (χ1n) is 6.57. The Balaban J connectivity index is 2.12. The van der Waals surface area contributed by atoms with Gasteiger partial charge in [-0.1, -0.05) is 61.5 Å². The summed E-state index contributed by atoms with van der Waals surface area (Å²) in [5.74, 6) is 0.193. The quantitative estimate of drug-likeness (QED) is 0.847. The highest BCUT2D eigenvalue weighted by Gasteiger charge is 2.11. The van der Waals surface area contributed by atoms with Crippen LogP contribution >= 0.6 is 0 Å². The summed E-state index contributed by atoms with van der Waals surface area (Å²) in [7, 11) is 0. The Kier molecular flexibility index (Phi) is 4.54. The van der Waals surface area contributed by atoms with Gasteiger partial charge in [-0.25, -0.2) is 0 Å². The van der Waals surface area contributed by atoms with Gasteiger partial charge >= 0.3 is 0 Å². The van der Waals surface area contributed by atoms with Crippen LogP contribution in [0.25, 0.3) is 0 Å². The van der Waals surface area contributed by atoms with Crippen LogP contribution in [0.3, 0.4) is 0 Å². The van der Waals surface area contributed by atoms with E-state index in [1.807, 2.05) is 18.2 Å². The van der Waals surface area contributed by atoms with E-state index in [0.29, 0.717) is 0 Å². The second-order valence-corrected chi connectivity index (χ2v) is 4.66. The zero-order valence-corrected chi connectivity index (χ0v) is 10.8. The Hall–Kier alpha value is -1.60. The minimum atomic E-state index is 0.193. The molecule has 0 fully saturated rings. The predicted molar refractivity (Wildman–Crippen MR) is 75.8 cm³/mol. The second kappa shape index (κ2) is 6.36. The number of aryl methyl sites for hydroxylation is 1. The maximum Gasteiger partial charge on any atom is 0.0502 e. The van der Waals surface area contributed by atoms with Gasteiger partial charge in [0.2, 0.25) is 0 Å². The fraction of sp³-hybridized carbons (Fsp3) is 0.294. The molecule has 0 heterocycles. The lowest BCUT2D eigenvalue weighted by Gasteiger charge is -2.15. The lowest BCUT2D eigenvalue weighted by molar-refractivity contribution is 0.264. The zero-order chi connectivity index (χ0) is 12.8. The first-order chi connectivity index (χ1) is 8.83. The van der Waals surface area contributed by atoms with Crippen molar-refractivity contribution in [2.75, 3.05) is 6.61 Å². The van der Waals surface area contributed by atoms with Crippen molar-refractivity contribution in [2.24, 2.45) is 0 Å². The predicted octanol–water partition coefficient (Wildman–Crippen LogP) is 3.57. The standard InChI is InChI=1S/C17H20O/c1-2-14-8-10-16(11-9-14)17(13-18)12-15-6-4-3-5-7-15/h3-11,17-18H,2,12-13H2,1H3. The monoisotopic (exact) mass is 240 g/mol. The lowest BCUT2D eigenvalue weighted by atomic mass is 9.92. The first-order valence-corrected chi connectivity index (χ1v) is 6.57. The zero-order valence-electron chi connectivity index (χ0n) is 10.8. The summed E-state index contributed by atoms with van der Waals surface area (Å²) in [6, 6.07) is 18.9. The largest absolute Gasteiger partial charge is 0.396 e. The molecule has 0 bridgehead atoms. The van der Waals surface area contributed by atoms with Crippen LogP contribution in [0.1, 0.15) is 29.5 Å². The minimum Gasteiger partial charge on any atom is -0.396 e. The molecule has 0 saturated carbocycles. The van der Waals surface area contributed by atoms with Crippen molar-refractivity contribution in [3.05, 3.63) is 71.3 Å². The van der Waals surface area contributed by atoms with Gasteiger partial charge in [-0.15, -0.1) is 0 Å². The Morgan fingerprint density at radius 1 is 0.889 bits per heavy atom. The molecule has 1 nitrogen and oxygen atoms in total. The SMILES string of the molecule is CCc1ccc(C(CO)Cc2ccccc2)cc1. The second-order valence-electron chi connectivity index (χ2n) is 4.66. The van der Waals surface area contributed by atoms with Gasteiger partial charge in [0.05, 0.1) is 6.61 Å².